The van der Waals surface area contributed by atoms with Crippen molar-refractivity contribution >= 4 is 23.2 Å². The number of hydrogen-bond donors (Lipinski definition) is 0. The molecule has 0 bridgehead atoms. The quantitative estimate of drug-likeness (QED) is 0.855. The van der Waals surface area contributed by atoms with E-state index in [-0.39, 0.29) is 5.91 Å². The van der Waals surface area contributed by atoms with Gasteiger partial charge in [0.2, 0.25) is 5.91 Å². The van der Waals surface area contributed by atoms with E-state index in [1.165, 1.54) is 0 Å². The lowest BCUT2D eigenvalue weighted by Gasteiger charge is -2.37. The summed E-state index contributed by atoms with van der Waals surface area (Å²) < 4.78 is 5.12. The summed E-state index contributed by atoms with van der Waals surface area (Å²) in [5.41, 5.74) is 1.14. The van der Waals surface area contributed by atoms with Gasteiger partial charge in [-0.05, 0) is 18.2 Å². The molecule has 3 rings (SSSR count). The molecule has 0 N–H and O–H groups in total. The van der Waals surface area contributed by atoms with Crippen molar-refractivity contribution in [1.82, 2.24) is 4.90 Å². The molecule has 0 aromatic heterocycles. The molecule has 4 nitrogen and oxygen atoms in total. The number of hydrogen-bond acceptors (Lipinski definition) is 3. The summed E-state index contributed by atoms with van der Waals surface area (Å²) in [6, 6.07) is 7.89. The topological polar surface area (TPSA) is 32.8 Å². The van der Waals surface area contributed by atoms with Crippen molar-refractivity contribution in [2.24, 2.45) is 5.92 Å². The molecule has 0 aliphatic carbocycles. The van der Waals surface area contributed by atoms with Crippen molar-refractivity contribution < 1.29 is 9.53 Å². The summed E-state index contributed by atoms with van der Waals surface area (Å²) in [6.45, 7) is 4.81. The summed E-state index contributed by atoms with van der Waals surface area (Å²) in [6.07, 6.45) is 0.636. The second-order valence-electron chi connectivity index (χ2n) is 5.46. The van der Waals surface area contributed by atoms with Crippen molar-refractivity contribution in [3.63, 3.8) is 0 Å². The summed E-state index contributed by atoms with van der Waals surface area (Å²) in [7, 11) is 0. The maximum Gasteiger partial charge on any atom is 0.223 e. The standard InChI is InChI=1S/C15H19ClN2O2/c16-13-2-1-3-14(9-13)17-4-6-18(7-5-17)15(19)8-12-10-20-11-12/h1-3,9,12H,4-8,10-11H2. The van der Waals surface area contributed by atoms with E-state index in [0.717, 1.165) is 50.1 Å². The molecule has 2 fully saturated rings. The van der Waals surface area contributed by atoms with Crippen LogP contribution >= 0.6 is 11.6 Å². The maximum atomic E-state index is 12.1. The highest BCUT2D eigenvalue weighted by atomic mass is 35.5. The van der Waals surface area contributed by atoms with Gasteiger partial charge in [0, 0.05) is 49.2 Å². The second kappa shape index (κ2) is 6.02. The minimum Gasteiger partial charge on any atom is -0.381 e. The third-order valence-electron chi connectivity index (χ3n) is 3.98. The SMILES string of the molecule is O=C(CC1COC1)N1CCN(c2cccc(Cl)c2)CC1. The van der Waals surface area contributed by atoms with Crippen molar-refractivity contribution in [3.8, 4) is 0 Å². The van der Waals surface area contributed by atoms with Crippen molar-refractivity contribution in [1.29, 1.82) is 0 Å². The van der Waals surface area contributed by atoms with Gasteiger partial charge >= 0.3 is 0 Å². The molecule has 1 aromatic rings. The van der Waals surface area contributed by atoms with Gasteiger partial charge in [-0.2, -0.15) is 0 Å². The number of ether oxygens (including phenoxy) is 1. The third kappa shape index (κ3) is 3.07. The molecule has 1 aromatic carbocycles. The van der Waals surface area contributed by atoms with E-state index >= 15 is 0 Å². The Kier molecular flexibility index (Phi) is 4.13. The van der Waals surface area contributed by atoms with Crippen LogP contribution in [0.2, 0.25) is 5.02 Å². The first-order valence-electron chi connectivity index (χ1n) is 7.08. The number of nitrogens with zero attached hydrogens (tertiary/aromatic N) is 2. The highest BCUT2D eigenvalue weighted by molar-refractivity contribution is 6.30. The Labute approximate surface area is 124 Å². The Morgan fingerprint density at radius 1 is 1.25 bits per heavy atom. The molecule has 2 aliphatic rings. The van der Waals surface area contributed by atoms with Crippen LogP contribution in [0, 0.1) is 5.92 Å². The van der Waals surface area contributed by atoms with Gasteiger partial charge in [0.05, 0.1) is 13.2 Å². The number of halogens is 1. The van der Waals surface area contributed by atoms with Gasteiger partial charge in [-0.15, -0.1) is 0 Å². The molecule has 0 unspecified atom stereocenters. The molecular formula is C15H19ClN2O2. The predicted octanol–water partition coefficient (Wildman–Crippen LogP) is 2.03. The number of carbonyl (C=O) groups is 1. The number of amides is 1. The molecule has 2 heterocycles. The molecular weight excluding hydrogens is 276 g/mol. The van der Waals surface area contributed by atoms with E-state index in [2.05, 4.69) is 11.0 Å². The molecule has 5 heteroatoms. The average molecular weight is 295 g/mol. The van der Waals surface area contributed by atoms with Crippen LogP contribution < -0.4 is 4.90 Å². The molecule has 2 saturated heterocycles. The lowest BCUT2D eigenvalue weighted by molar-refractivity contribution is -0.136. The van der Waals surface area contributed by atoms with Gasteiger partial charge in [0.15, 0.2) is 0 Å². The summed E-state index contributed by atoms with van der Waals surface area (Å²) in [5, 5.41) is 0.756. The van der Waals surface area contributed by atoms with Crippen LogP contribution in [0.25, 0.3) is 0 Å². The van der Waals surface area contributed by atoms with Crippen molar-refractivity contribution in [2.45, 2.75) is 6.42 Å². The minimum absolute atomic E-state index is 0.268. The number of carbonyl (C=O) groups excluding carboxylic acids is 1. The smallest absolute Gasteiger partial charge is 0.223 e. The Morgan fingerprint density at radius 2 is 2.00 bits per heavy atom. The van der Waals surface area contributed by atoms with E-state index in [0.29, 0.717) is 12.3 Å². The molecule has 0 radical (unpaired) electrons. The van der Waals surface area contributed by atoms with Crippen LogP contribution in [0.3, 0.4) is 0 Å². The van der Waals surface area contributed by atoms with Crippen LogP contribution in [0.5, 0.6) is 0 Å². The monoisotopic (exact) mass is 294 g/mol. The molecule has 0 atom stereocenters. The van der Waals surface area contributed by atoms with E-state index in [9.17, 15) is 4.79 Å². The zero-order valence-corrected chi connectivity index (χ0v) is 12.2. The van der Waals surface area contributed by atoms with Crippen LogP contribution in [0.4, 0.5) is 5.69 Å². The summed E-state index contributed by atoms with van der Waals surface area (Å²) in [5.74, 6) is 0.706. The first kappa shape index (κ1) is 13.7. The molecule has 0 saturated carbocycles. The Hall–Kier alpha value is -1.26. The van der Waals surface area contributed by atoms with Gasteiger partial charge in [-0.1, -0.05) is 17.7 Å². The van der Waals surface area contributed by atoms with Crippen LogP contribution in [0.15, 0.2) is 24.3 Å². The van der Waals surface area contributed by atoms with Crippen molar-refractivity contribution in [2.75, 3.05) is 44.3 Å². The Bertz CT molecular complexity index is 483. The van der Waals surface area contributed by atoms with Gasteiger partial charge in [0.1, 0.15) is 0 Å². The number of rotatable bonds is 3. The first-order chi connectivity index (χ1) is 9.72. The average Bonchev–Trinajstić information content (AvgIpc) is 2.43. The van der Waals surface area contributed by atoms with E-state index in [1.807, 2.05) is 23.1 Å². The summed E-state index contributed by atoms with van der Waals surface area (Å²) >= 11 is 6.02. The third-order valence-corrected chi connectivity index (χ3v) is 4.21. The molecule has 20 heavy (non-hydrogen) atoms. The van der Waals surface area contributed by atoms with Gasteiger partial charge < -0.3 is 14.5 Å². The van der Waals surface area contributed by atoms with E-state index < -0.39 is 0 Å². The Morgan fingerprint density at radius 3 is 2.60 bits per heavy atom. The lowest BCUT2D eigenvalue weighted by atomic mass is 10.0. The van der Waals surface area contributed by atoms with Crippen LogP contribution in [-0.4, -0.2) is 50.2 Å². The van der Waals surface area contributed by atoms with Crippen LogP contribution in [-0.2, 0) is 9.53 Å². The van der Waals surface area contributed by atoms with Gasteiger partial charge in [-0.25, -0.2) is 0 Å². The fourth-order valence-corrected chi connectivity index (χ4v) is 2.85. The normalized spacial score (nSPS) is 19.9. The highest BCUT2D eigenvalue weighted by Crippen LogP contribution is 2.22. The minimum atomic E-state index is 0.268. The van der Waals surface area contributed by atoms with Gasteiger partial charge in [-0.3, -0.25) is 4.79 Å². The van der Waals surface area contributed by atoms with E-state index in [4.69, 9.17) is 16.3 Å². The van der Waals surface area contributed by atoms with E-state index in [1.54, 1.807) is 0 Å². The molecule has 108 valence electrons. The predicted molar refractivity (Wildman–Crippen MR) is 79.2 cm³/mol. The van der Waals surface area contributed by atoms with Crippen LogP contribution in [0.1, 0.15) is 6.42 Å². The van der Waals surface area contributed by atoms with Gasteiger partial charge in [0.25, 0.3) is 0 Å². The number of piperazine rings is 1. The molecule has 1 amide bonds. The zero-order valence-electron chi connectivity index (χ0n) is 11.4. The number of anilines is 1. The largest absolute Gasteiger partial charge is 0.381 e. The molecule has 2 aliphatic heterocycles. The van der Waals surface area contributed by atoms with Crippen molar-refractivity contribution in [3.05, 3.63) is 29.3 Å². The number of benzene rings is 1. The molecule has 0 spiro atoms. The highest BCUT2D eigenvalue weighted by Gasteiger charge is 2.26. The fraction of sp³-hybridized carbons (Fsp3) is 0.533. The maximum absolute atomic E-state index is 12.1. The first-order valence-corrected chi connectivity index (χ1v) is 7.46. The Balaban J connectivity index is 1.52. The lowest BCUT2D eigenvalue weighted by Crippen LogP contribution is -2.49. The second-order valence-corrected chi connectivity index (χ2v) is 5.89. The fourth-order valence-electron chi connectivity index (χ4n) is 2.67. The zero-order chi connectivity index (χ0) is 13.9. The summed E-state index contributed by atoms with van der Waals surface area (Å²) in [4.78, 5) is 16.4.